The average molecular weight is 323 g/mol. The van der Waals surface area contributed by atoms with E-state index in [2.05, 4.69) is 10.6 Å². The summed E-state index contributed by atoms with van der Waals surface area (Å²) < 4.78 is 27.2. The first-order chi connectivity index (χ1) is 10.6. The van der Waals surface area contributed by atoms with E-state index in [4.69, 9.17) is 0 Å². The zero-order valence-electron chi connectivity index (χ0n) is 11.9. The Labute approximate surface area is 130 Å². The van der Waals surface area contributed by atoms with Gasteiger partial charge in [0.1, 0.15) is 29.1 Å². The molecule has 1 aliphatic rings. The minimum Gasteiger partial charge on any atom is -0.630 e. The zero-order chi connectivity index (χ0) is 15.7. The molecule has 2 aromatic rings. The van der Waals surface area contributed by atoms with Crippen molar-refractivity contribution in [2.45, 2.75) is 12.6 Å². The van der Waals surface area contributed by atoms with E-state index < -0.39 is 29.3 Å². The molecule has 0 radical (unpaired) electrons. The number of nitrogens with one attached hydrogen (secondary N) is 2. The molecule has 2 aromatic carbocycles. The van der Waals surface area contributed by atoms with Crippen LogP contribution in [0.3, 0.4) is 0 Å². The number of quaternary nitrogens is 1. The lowest BCUT2D eigenvalue weighted by Gasteiger charge is -2.14. The topological polar surface area (TPSA) is 112 Å². The maximum Gasteiger partial charge on any atom is 0.246 e. The predicted octanol–water partition coefficient (Wildman–Crippen LogP) is 0.616. The molecule has 6 N–H and O–H groups in total. The van der Waals surface area contributed by atoms with Crippen LogP contribution in [0.15, 0.2) is 36.4 Å². The number of para-hydroxylation sites is 1. The Morgan fingerprint density at radius 2 is 1.96 bits per heavy atom. The number of rotatable bonds is 3. The minimum atomic E-state index is -0.840. The summed E-state index contributed by atoms with van der Waals surface area (Å²) in [6, 6.07) is 7.62. The van der Waals surface area contributed by atoms with Crippen LogP contribution < -0.4 is 16.1 Å². The van der Waals surface area contributed by atoms with E-state index in [9.17, 15) is 18.8 Å². The van der Waals surface area contributed by atoms with Crippen molar-refractivity contribution in [3.63, 3.8) is 0 Å². The maximum absolute atomic E-state index is 13.6. The van der Waals surface area contributed by atoms with Crippen LogP contribution in [0.5, 0.6) is 0 Å². The molecule has 0 saturated carbocycles. The fraction of sp³-hybridized carbons (Fsp3) is 0.133. The van der Waals surface area contributed by atoms with Gasteiger partial charge in [-0.15, -0.1) is 0 Å². The van der Waals surface area contributed by atoms with Crippen LogP contribution >= 0.6 is 0 Å². The first-order valence-corrected chi connectivity index (χ1v) is 6.66. The Bertz CT molecular complexity index is 720. The number of benzene rings is 2. The molecule has 0 spiro atoms. The zero-order valence-corrected chi connectivity index (χ0v) is 11.9. The van der Waals surface area contributed by atoms with E-state index in [1.807, 2.05) is 0 Å². The number of hydrogen-bond donors (Lipinski definition) is 3. The van der Waals surface area contributed by atoms with Crippen molar-refractivity contribution < 1.29 is 24.5 Å². The molecule has 1 atom stereocenters. The number of fused-ring (bicyclic) bond motifs is 1. The number of carbonyl (C=O) groups excluding carboxylic acids is 1. The lowest BCUT2D eigenvalue weighted by molar-refractivity contribution is -0.497. The summed E-state index contributed by atoms with van der Waals surface area (Å²) in [7, 11) is 0. The van der Waals surface area contributed by atoms with Crippen LogP contribution in [-0.2, 0) is 11.3 Å². The second-order valence-electron chi connectivity index (χ2n) is 4.98. The summed E-state index contributed by atoms with van der Waals surface area (Å²) in [6.45, 7) is 0.451. The van der Waals surface area contributed by atoms with Gasteiger partial charge in [0, 0.05) is 12.6 Å². The summed E-state index contributed by atoms with van der Waals surface area (Å²) in [6.07, 6.45) is 0. The van der Waals surface area contributed by atoms with Gasteiger partial charge in [0.15, 0.2) is 0 Å². The SMILES string of the molecule is O.O=C(Nc1c(F)cccc1F)[C@H]1NCc2ccc([NH2+][O-])cc21. The number of anilines is 1. The molecule has 1 aliphatic heterocycles. The number of carbonyl (C=O) groups is 1. The summed E-state index contributed by atoms with van der Waals surface area (Å²) in [5.41, 5.74) is 2.16. The van der Waals surface area contributed by atoms with Crippen molar-refractivity contribution >= 4 is 17.3 Å². The van der Waals surface area contributed by atoms with E-state index in [0.29, 0.717) is 23.3 Å². The van der Waals surface area contributed by atoms with Crippen LogP contribution in [0.1, 0.15) is 17.2 Å². The smallest absolute Gasteiger partial charge is 0.246 e. The average Bonchev–Trinajstić information content (AvgIpc) is 2.94. The second-order valence-corrected chi connectivity index (χ2v) is 4.98. The number of hydrogen-bond acceptors (Lipinski definition) is 3. The van der Waals surface area contributed by atoms with Crippen molar-refractivity contribution in [3.8, 4) is 0 Å². The van der Waals surface area contributed by atoms with Gasteiger partial charge in [-0.2, -0.15) is 0 Å². The third kappa shape index (κ3) is 3.20. The van der Waals surface area contributed by atoms with Gasteiger partial charge < -0.3 is 21.5 Å². The number of halogens is 2. The van der Waals surface area contributed by atoms with Crippen molar-refractivity contribution in [2.24, 2.45) is 0 Å². The molecule has 1 heterocycles. The first-order valence-electron chi connectivity index (χ1n) is 6.66. The maximum atomic E-state index is 13.6. The first kappa shape index (κ1) is 17.0. The Kier molecular flexibility index (Phi) is 5.02. The molecule has 8 heteroatoms. The second kappa shape index (κ2) is 6.80. The molecule has 0 aliphatic carbocycles. The molecule has 0 saturated heterocycles. The van der Waals surface area contributed by atoms with Crippen molar-refractivity contribution in [1.29, 1.82) is 0 Å². The molecule has 0 aromatic heterocycles. The molecular formula is C15H15F2N3O3. The molecule has 1 amide bonds. The van der Waals surface area contributed by atoms with E-state index in [1.54, 1.807) is 18.2 Å². The van der Waals surface area contributed by atoms with Crippen LogP contribution in [-0.4, -0.2) is 11.4 Å². The third-order valence-electron chi connectivity index (χ3n) is 3.59. The van der Waals surface area contributed by atoms with Crippen LogP contribution in [0.2, 0.25) is 0 Å². The highest BCUT2D eigenvalue weighted by molar-refractivity contribution is 5.96. The molecule has 6 nitrogen and oxygen atoms in total. The van der Waals surface area contributed by atoms with Crippen LogP contribution in [0, 0.1) is 16.8 Å². The largest absolute Gasteiger partial charge is 0.630 e. The van der Waals surface area contributed by atoms with Gasteiger partial charge >= 0.3 is 0 Å². The van der Waals surface area contributed by atoms with Crippen LogP contribution in [0.25, 0.3) is 0 Å². The van der Waals surface area contributed by atoms with Crippen molar-refractivity contribution in [3.05, 3.63) is 64.4 Å². The highest BCUT2D eigenvalue weighted by atomic mass is 19.1. The highest BCUT2D eigenvalue weighted by Gasteiger charge is 2.29. The lowest BCUT2D eigenvalue weighted by atomic mass is 10.0. The van der Waals surface area contributed by atoms with Gasteiger partial charge in [-0.25, -0.2) is 8.78 Å². The predicted molar refractivity (Wildman–Crippen MR) is 79.6 cm³/mol. The number of nitrogens with two attached hydrogens (primary N) is 1. The Morgan fingerprint density at radius 3 is 2.61 bits per heavy atom. The minimum absolute atomic E-state index is 0. The third-order valence-corrected chi connectivity index (χ3v) is 3.59. The standard InChI is InChI=1S/C15H13F2N3O2.H2O/c16-11-2-1-3-12(17)14(11)19-15(21)13-10-6-9(20-22)5-4-8(10)7-18-13;/h1-6,13,18H,7,20H2,(H,19,21);1H2/t13-;/m0./s1. The normalized spacial score (nSPS) is 15.7. The van der Waals surface area contributed by atoms with Gasteiger partial charge in [0.2, 0.25) is 5.91 Å². The fourth-order valence-electron chi connectivity index (χ4n) is 2.48. The lowest BCUT2D eigenvalue weighted by Crippen LogP contribution is -2.70. The Hall–Kier alpha value is -2.39. The van der Waals surface area contributed by atoms with Gasteiger partial charge in [0.05, 0.1) is 0 Å². The molecule has 0 bridgehead atoms. The molecule has 122 valence electrons. The van der Waals surface area contributed by atoms with E-state index >= 15 is 0 Å². The summed E-state index contributed by atoms with van der Waals surface area (Å²) in [5, 5.41) is 16.1. The van der Waals surface area contributed by atoms with E-state index in [0.717, 1.165) is 17.7 Å². The molecule has 0 unspecified atom stereocenters. The van der Waals surface area contributed by atoms with Gasteiger partial charge in [0.25, 0.3) is 0 Å². The van der Waals surface area contributed by atoms with E-state index in [1.165, 1.54) is 6.07 Å². The number of amides is 1. The Morgan fingerprint density at radius 1 is 1.26 bits per heavy atom. The fourth-order valence-corrected chi connectivity index (χ4v) is 2.48. The molecular weight excluding hydrogens is 308 g/mol. The highest BCUT2D eigenvalue weighted by Crippen LogP contribution is 2.28. The van der Waals surface area contributed by atoms with E-state index in [-0.39, 0.29) is 5.48 Å². The van der Waals surface area contributed by atoms with Gasteiger partial charge in [-0.3, -0.25) is 10.1 Å². The van der Waals surface area contributed by atoms with Crippen molar-refractivity contribution in [1.82, 2.24) is 5.32 Å². The monoisotopic (exact) mass is 323 g/mol. The summed E-state index contributed by atoms with van der Waals surface area (Å²) in [5.74, 6) is -2.26. The summed E-state index contributed by atoms with van der Waals surface area (Å²) in [4.78, 5) is 12.3. The quantitative estimate of drug-likeness (QED) is 0.568. The molecule has 23 heavy (non-hydrogen) atoms. The molecule has 0 fully saturated rings. The summed E-state index contributed by atoms with van der Waals surface area (Å²) >= 11 is 0. The van der Waals surface area contributed by atoms with Crippen LogP contribution in [0.4, 0.5) is 20.2 Å². The molecule has 3 rings (SSSR count). The van der Waals surface area contributed by atoms with Gasteiger partial charge in [-0.1, -0.05) is 12.1 Å². The Balaban J connectivity index is 0.00000192. The van der Waals surface area contributed by atoms with Gasteiger partial charge in [-0.05, 0) is 29.3 Å². The van der Waals surface area contributed by atoms with Crippen molar-refractivity contribution in [2.75, 3.05) is 5.32 Å².